The molecule has 1 atom stereocenters. The van der Waals surface area contributed by atoms with Gasteiger partial charge in [0.25, 0.3) is 10.0 Å². The average molecular weight is 512 g/mol. The molecule has 6 nitrogen and oxygen atoms in total. The molecule has 1 N–H and O–H groups in total. The van der Waals surface area contributed by atoms with Crippen molar-refractivity contribution in [3.05, 3.63) is 101 Å². The number of aryl methyl sites for hydroxylation is 1. The number of hydrogen-bond acceptors (Lipinski definition) is 5. The Kier molecular flexibility index (Phi) is 5.94. The van der Waals surface area contributed by atoms with Gasteiger partial charge in [-0.2, -0.15) is 13.5 Å². The molecule has 0 bridgehead atoms. The fourth-order valence-electron chi connectivity index (χ4n) is 3.89. The lowest BCUT2D eigenvalue weighted by molar-refractivity contribution is -0.113. The minimum atomic E-state index is -4.20. The van der Waals surface area contributed by atoms with E-state index in [0.29, 0.717) is 16.7 Å². The Hall–Kier alpha value is -3.50. The number of anilines is 1. The predicted molar refractivity (Wildman–Crippen MR) is 131 cm³/mol. The van der Waals surface area contributed by atoms with Gasteiger partial charge in [0.15, 0.2) is 5.82 Å². The summed E-state index contributed by atoms with van der Waals surface area (Å²) in [5, 5.41) is 6.60. The van der Waals surface area contributed by atoms with E-state index in [4.69, 9.17) is 0 Å². The molecule has 10 heteroatoms. The van der Waals surface area contributed by atoms with Crippen LogP contribution in [0.2, 0.25) is 0 Å². The molecule has 0 spiro atoms. The van der Waals surface area contributed by atoms with E-state index in [1.807, 2.05) is 6.92 Å². The Bertz CT molecular complexity index is 1520. The third-order valence-electron chi connectivity index (χ3n) is 5.63. The molecule has 1 amide bonds. The van der Waals surface area contributed by atoms with Crippen LogP contribution in [0.15, 0.2) is 77.7 Å². The zero-order valence-electron chi connectivity index (χ0n) is 18.4. The minimum Gasteiger partial charge on any atom is -0.309 e. The van der Waals surface area contributed by atoms with E-state index < -0.39 is 32.8 Å². The van der Waals surface area contributed by atoms with Crippen molar-refractivity contribution in [1.29, 1.82) is 0 Å². The summed E-state index contributed by atoms with van der Waals surface area (Å²) in [6.07, 6.45) is 0. The molecule has 5 rings (SSSR count). The first-order valence-corrected chi connectivity index (χ1v) is 13.1. The normalized spacial score (nSPS) is 15.9. The number of aromatic nitrogens is 2. The van der Waals surface area contributed by atoms with Gasteiger partial charge in [-0.05, 0) is 61.0 Å². The van der Waals surface area contributed by atoms with Gasteiger partial charge in [-0.3, -0.25) is 4.79 Å². The van der Waals surface area contributed by atoms with Gasteiger partial charge in [0.1, 0.15) is 17.3 Å². The van der Waals surface area contributed by atoms with Crippen molar-refractivity contribution >= 4 is 33.5 Å². The van der Waals surface area contributed by atoms with Crippen LogP contribution in [0.25, 0.3) is 11.3 Å². The Morgan fingerprint density at radius 2 is 1.54 bits per heavy atom. The number of halogens is 2. The Morgan fingerprint density at radius 3 is 2.17 bits per heavy atom. The van der Waals surface area contributed by atoms with Gasteiger partial charge in [-0.1, -0.05) is 29.8 Å². The quantitative estimate of drug-likeness (QED) is 0.410. The summed E-state index contributed by atoms with van der Waals surface area (Å²) in [6.45, 7) is 1.84. The molecular formula is C25H19F2N3O3S2. The molecule has 0 radical (unpaired) electrons. The topological polar surface area (TPSA) is 81.1 Å². The highest BCUT2D eigenvalue weighted by atomic mass is 32.2. The van der Waals surface area contributed by atoms with Crippen molar-refractivity contribution < 1.29 is 22.0 Å². The molecule has 35 heavy (non-hydrogen) atoms. The van der Waals surface area contributed by atoms with E-state index in [9.17, 15) is 22.0 Å². The van der Waals surface area contributed by atoms with Crippen LogP contribution in [0.5, 0.6) is 0 Å². The fraction of sp³-hybridized carbons (Fsp3) is 0.120. The molecule has 0 fully saturated rings. The summed E-state index contributed by atoms with van der Waals surface area (Å²) in [7, 11) is -4.20. The van der Waals surface area contributed by atoms with Gasteiger partial charge in [0, 0.05) is 11.1 Å². The van der Waals surface area contributed by atoms with Crippen molar-refractivity contribution in [2.45, 2.75) is 17.1 Å². The second kappa shape index (κ2) is 8.94. The number of thioether (sulfide) groups is 1. The number of nitrogens with one attached hydrogen (secondary N) is 1. The molecule has 0 aliphatic carbocycles. The van der Waals surface area contributed by atoms with Gasteiger partial charge in [-0.25, -0.2) is 8.78 Å². The van der Waals surface area contributed by atoms with Crippen molar-refractivity contribution in [1.82, 2.24) is 9.19 Å². The number of amides is 1. The van der Waals surface area contributed by atoms with Crippen molar-refractivity contribution in [2.24, 2.45) is 0 Å². The summed E-state index contributed by atoms with van der Waals surface area (Å²) in [5.74, 6) is -1.21. The Balaban J connectivity index is 1.79. The highest BCUT2D eigenvalue weighted by Crippen LogP contribution is 2.46. The SMILES string of the molecule is Cc1ccc(S(=O)(=O)n2nc(-c3ccc(F)cc3)c3c2NC(=O)CSC3c2ccc(F)cc2)cc1. The molecule has 2 heterocycles. The standard InChI is InChI=1S/C25H19F2N3O3S2/c1-15-2-12-20(13-3-15)35(32,33)30-25-22(23(29-30)16-4-8-18(26)9-5-16)24(34-14-21(31)28-25)17-6-10-19(27)11-7-17/h2-13,24H,14H2,1H3,(H,28,31). The van der Waals surface area contributed by atoms with Gasteiger partial charge >= 0.3 is 0 Å². The fourth-order valence-corrected chi connectivity index (χ4v) is 6.27. The van der Waals surface area contributed by atoms with Crippen LogP contribution >= 0.6 is 11.8 Å². The van der Waals surface area contributed by atoms with Crippen LogP contribution in [-0.4, -0.2) is 29.3 Å². The summed E-state index contributed by atoms with van der Waals surface area (Å²) in [4.78, 5) is 12.7. The number of carbonyl (C=O) groups excluding carboxylic acids is 1. The number of hydrogen-bond donors (Lipinski definition) is 1. The summed E-state index contributed by atoms with van der Waals surface area (Å²) in [6, 6.07) is 17.6. The van der Waals surface area contributed by atoms with Crippen molar-refractivity contribution in [2.75, 3.05) is 11.1 Å². The van der Waals surface area contributed by atoms with Crippen LogP contribution in [0.3, 0.4) is 0 Å². The van der Waals surface area contributed by atoms with E-state index in [-0.39, 0.29) is 22.2 Å². The Morgan fingerprint density at radius 1 is 0.943 bits per heavy atom. The molecule has 1 aliphatic rings. The smallest absolute Gasteiger partial charge is 0.284 e. The predicted octanol–water partition coefficient (Wildman–Crippen LogP) is 5.15. The second-order valence-electron chi connectivity index (χ2n) is 8.07. The number of rotatable bonds is 4. The van der Waals surface area contributed by atoms with E-state index in [0.717, 1.165) is 9.65 Å². The van der Waals surface area contributed by atoms with Crippen LogP contribution in [0.1, 0.15) is 21.9 Å². The lowest BCUT2D eigenvalue weighted by Gasteiger charge is -2.16. The summed E-state index contributed by atoms with van der Waals surface area (Å²) in [5.41, 5.74) is 2.75. The molecule has 1 aromatic heterocycles. The maximum atomic E-state index is 13.7. The molecular weight excluding hydrogens is 492 g/mol. The molecule has 1 unspecified atom stereocenters. The van der Waals surface area contributed by atoms with E-state index in [1.54, 1.807) is 24.3 Å². The molecule has 4 aromatic rings. The van der Waals surface area contributed by atoms with Gasteiger partial charge in [0.2, 0.25) is 5.91 Å². The largest absolute Gasteiger partial charge is 0.309 e. The maximum absolute atomic E-state index is 13.7. The molecule has 178 valence electrons. The molecule has 1 aliphatic heterocycles. The van der Waals surface area contributed by atoms with Crippen LogP contribution < -0.4 is 5.32 Å². The lowest BCUT2D eigenvalue weighted by atomic mass is 10.00. The van der Waals surface area contributed by atoms with Gasteiger partial charge < -0.3 is 5.32 Å². The molecule has 0 saturated heterocycles. The number of fused-ring (bicyclic) bond motifs is 1. The van der Waals surface area contributed by atoms with Gasteiger partial charge in [-0.15, -0.1) is 15.8 Å². The summed E-state index contributed by atoms with van der Waals surface area (Å²) >= 11 is 1.27. The molecule has 0 saturated carbocycles. The van der Waals surface area contributed by atoms with Crippen LogP contribution in [0, 0.1) is 18.6 Å². The van der Waals surface area contributed by atoms with Crippen LogP contribution in [-0.2, 0) is 14.8 Å². The minimum absolute atomic E-state index is 0.00328. The highest BCUT2D eigenvalue weighted by Gasteiger charge is 2.35. The van der Waals surface area contributed by atoms with Crippen molar-refractivity contribution in [3.63, 3.8) is 0 Å². The highest BCUT2D eigenvalue weighted by molar-refractivity contribution is 8.00. The first-order valence-electron chi connectivity index (χ1n) is 10.6. The Labute approximate surface area is 205 Å². The van der Waals surface area contributed by atoms with E-state index >= 15 is 0 Å². The van der Waals surface area contributed by atoms with E-state index in [1.165, 1.54) is 60.3 Å². The second-order valence-corrected chi connectivity index (χ2v) is 10.9. The summed E-state index contributed by atoms with van der Waals surface area (Å²) < 4.78 is 55.4. The lowest BCUT2D eigenvalue weighted by Crippen LogP contribution is -2.21. The molecule has 3 aromatic carbocycles. The zero-order valence-corrected chi connectivity index (χ0v) is 20.0. The first-order chi connectivity index (χ1) is 16.7. The monoisotopic (exact) mass is 511 g/mol. The maximum Gasteiger partial charge on any atom is 0.284 e. The third-order valence-corrected chi connectivity index (χ3v) is 8.49. The van der Waals surface area contributed by atoms with E-state index in [2.05, 4.69) is 10.4 Å². The number of carbonyl (C=O) groups is 1. The van der Waals surface area contributed by atoms with Gasteiger partial charge in [0.05, 0.1) is 15.9 Å². The van der Waals surface area contributed by atoms with Crippen LogP contribution in [0.4, 0.5) is 14.6 Å². The third kappa shape index (κ3) is 4.35. The number of nitrogens with zero attached hydrogens (tertiary/aromatic N) is 2. The average Bonchev–Trinajstić information content (AvgIpc) is 3.12. The zero-order chi connectivity index (χ0) is 24.7. The number of benzene rings is 3. The first kappa shape index (κ1) is 23.3. The van der Waals surface area contributed by atoms with Crippen molar-refractivity contribution in [3.8, 4) is 11.3 Å².